The average Bonchev–Trinajstić information content (AvgIpc) is 2.46. The van der Waals surface area contributed by atoms with Crippen LogP contribution in [0.3, 0.4) is 0 Å². The second-order valence-corrected chi connectivity index (χ2v) is 7.01. The van der Waals surface area contributed by atoms with Crippen molar-refractivity contribution in [2.24, 2.45) is 10.7 Å². The molecule has 0 aliphatic heterocycles. The van der Waals surface area contributed by atoms with E-state index in [0.29, 0.717) is 5.69 Å². The number of rotatable bonds is 4. The topological polar surface area (TPSA) is 97.4 Å². The highest BCUT2D eigenvalue weighted by Crippen LogP contribution is 2.11. The van der Waals surface area contributed by atoms with Crippen molar-refractivity contribution in [2.45, 2.75) is 11.4 Å². The number of aromatic nitrogens is 1. The van der Waals surface area contributed by atoms with Gasteiger partial charge in [-0.05, 0) is 59.0 Å². The fraction of sp³-hybridized carbons (Fsp3) is 0.0769. The van der Waals surface area contributed by atoms with E-state index in [0.717, 1.165) is 3.57 Å². The van der Waals surface area contributed by atoms with Gasteiger partial charge in [-0.3, -0.25) is 4.98 Å². The zero-order chi connectivity index (χ0) is 15.3. The molecule has 0 spiro atoms. The predicted molar refractivity (Wildman–Crippen MR) is 89.0 cm³/mol. The number of hydrogen-bond donors (Lipinski definition) is 2. The minimum Gasteiger partial charge on any atom is -0.369 e. The molecule has 0 saturated carbocycles. The molecule has 0 atom stereocenters. The van der Waals surface area contributed by atoms with Gasteiger partial charge < -0.3 is 5.73 Å². The minimum absolute atomic E-state index is 0.138. The lowest BCUT2D eigenvalue weighted by atomic mass is 10.3. The van der Waals surface area contributed by atoms with Gasteiger partial charge in [0, 0.05) is 9.77 Å². The summed E-state index contributed by atoms with van der Waals surface area (Å²) in [6.07, 6.45) is 1.64. The van der Waals surface area contributed by atoms with Crippen LogP contribution in [0.15, 0.2) is 58.5 Å². The van der Waals surface area contributed by atoms with E-state index in [1.807, 2.05) is 6.07 Å². The van der Waals surface area contributed by atoms with Gasteiger partial charge in [-0.1, -0.05) is 6.07 Å². The maximum atomic E-state index is 12.1. The van der Waals surface area contributed by atoms with Crippen molar-refractivity contribution >= 4 is 38.6 Å². The molecular formula is C13H13IN4O2S. The molecule has 0 unspecified atom stereocenters. The molecule has 1 aromatic carbocycles. The van der Waals surface area contributed by atoms with E-state index in [2.05, 4.69) is 37.3 Å². The van der Waals surface area contributed by atoms with Crippen molar-refractivity contribution in [3.63, 3.8) is 0 Å². The van der Waals surface area contributed by atoms with Crippen molar-refractivity contribution in [1.29, 1.82) is 0 Å². The van der Waals surface area contributed by atoms with Gasteiger partial charge in [-0.15, -0.1) is 0 Å². The molecule has 1 heterocycles. The van der Waals surface area contributed by atoms with Gasteiger partial charge in [0.05, 0.1) is 17.1 Å². The second kappa shape index (κ2) is 6.85. The minimum atomic E-state index is -3.71. The SMILES string of the molecule is NC(=NCc1ccccn1)NS(=O)(=O)c1ccc(I)cc1. The Morgan fingerprint density at radius 3 is 2.57 bits per heavy atom. The smallest absolute Gasteiger partial charge is 0.264 e. The third kappa shape index (κ3) is 4.67. The van der Waals surface area contributed by atoms with Crippen LogP contribution in [0.25, 0.3) is 0 Å². The molecule has 21 heavy (non-hydrogen) atoms. The fourth-order valence-electron chi connectivity index (χ4n) is 1.50. The quantitative estimate of drug-likeness (QED) is 0.448. The third-order valence-electron chi connectivity index (χ3n) is 2.50. The van der Waals surface area contributed by atoms with E-state index < -0.39 is 10.0 Å². The first kappa shape index (κ1) is 15.7. The van der Waals surface area contributed by atoms with Crippen LogP contribution in [0.5, 0.6) is 0 Å². The van der Waals surface area contributed by atoms with Gasteiger partial charge in [0.15, 0.2) is 0 Å². The van der Waals surface area contributed by atoms with E-state index in [9.17, 15) is 8.42 Å². The summed E-state index contributed by atoms with van der Waals surface area (Å²) in [5.41, 5.74) is 6.31. The van der Waals surface area contributed by atoms with Crippen molar-refractivity contribution in [2.75, 3.05) is 0 Å². The highest BCUT2D eigenvalue weighted by Gasteiger charge is 2.14. The number of nitrogens with zero attached hydrogens (tertiary/aromatic N) is 2. The molecular weight excluding hydrogens is 403 g/mol. The predicted octanol–water partition coefficient (Wildman–Crippen LogP) is 1.48. The van der Waals surface area contributed by atoms with Crippen LogP contribution in [0.1, 0.15) is 5.69 Å². The molecule has 0 bridgehead atoms. The van der Waals surface area contributed by atoms with Crippen LogP contribution < -0.4 is 10.5 Å². The normalized spacial score (nSPS) is 12.1. The standard InChI is InChI=1S/C13H13IN4O2S/c14-10-4-6-12(7-5-10)21(19,20)18-13(15)17-9-11-3-1-2-8-16-11/h1-8H,9H2,(H3,15,17,18). The van der Waals surface area contributed by atoms with Crippen molar-refractivity contribution in [1.82, 2.24) is 9.71 Å². The number of benzene rings is 1. The lowest BCUT2D eigenvalue weighted by Crippen LogP contribution is -2.36. The number of sulfonamides is 1. The highest BCUT2D eigenvalue weighted by atomic mass is 127. The summed E-state index contributed by atoms with van der Waals surface area (Å²) < 4.78 is 27.3. The summed E-state index contributed by atoms with van der Waals surface area (Å²) in [5, 5.41) is 0. The van der Waals surface area contributed by atoms with Crippen LogP contribution >= 0.6 is 22.6 Å². The first-order valence-corrected chi connectivity index (χ1v) is 8.52. The molecule has 110 valence electrons. The van der Waals surface area contributed by atoms with Crippen LogP contribution in [-0.2, 0) is 16.6 Å². The van der Waals surface area contributed by atoms with E-state index in [4.69, 9.17) is 5.73 Å². The Balaban J connectivity index is 2.07. The lowest BCUT2D eigenvalue weighted by molar-refractivity contribution is 0.592. The average molecular weight is 416 g/mol. The van der Waals surface area contributed by atoms with Gasteiger partial charge in [0.2, 0.25) is 5.96 Å². The molecule has 2 aromatic rings. The lowest BCUT2D eigenvalue weighted by Gasteiger charge is -2.07. The van der Waals surface area contributed by atoms with Crippen molar-refractivity contribution in [3.8, 4) is 0 Å². The first-order valence-electron chi connectivity index (χ1n) is 5.95. The van der Waals surface area contributed by atoms with Gasteiger partial charge in [0.25, 0.3) is 10.0 Å². The van der Waals surface area contributed by atoms with Gasteiger partial charge >= 0.3 is 0 Å². The molecule has 0 aliphatic rings. The number of hydrogen-bond acceptors (Lipinski definition) is 4. The Morgan fingerprint density at radius 1 is 1.24 bits per heavy atom. The Labute approximate surface area is 136 Å². The molecule has 6 nitrogen and oxygen atoms in total. The van der Waals surface area contributed by atoms with Crippen molar-refractivity contribution < 1.29 is 8.42 Å². The largest absolute Gasteiger partial charge is 0.369 e. The summed E-state index contributed by atoms with van der Waals surface area (Å²) in [5.74, 6) is -0.167. The van der Waals surface area contributed by atoms with Gasteiger partial charge in [0.1, 0.15) is 0 Å². The zero-order valence-electron chi connectivity index (χ0n) is 10.9. The molecule has 8 heteroatoms. The summed E-state index contributed by atoms with van der Waals surface area (Å²) >= 11 is 2.10. The Hall–Kier alpha value is -1.68. The second-order valence-electron chi connectivity index (χ2n) is 4.08. The van der Waals surface area contributed by atoms with Gasteiger partial charge in [-0.2, -0.15) is 0 Å². The Bertz CT molecular complexity index is 731. The molecule has 0 amide bonds. The zero-order valence-corrected chi connectivity index (χ0v) is 13.9. The fourth-order valence-corrected chi connectivity index (χ4v) is 2.81. The highest BCUT2D eigenvalue weighted by molar-refractivity contribution is 14.1. The van der Waals surface area contributed by atoms with Gasteiger partial charge in [-0.25, -0.2) is 18.1 Å². The van der Waals surface area contributed by atoms with Crippen LogP contribution in [0.2, 0.25) is 0 Å². The first-order chi connectivity index (χ1) is 9.97. The number of aliphatic imine (C=N–C) groups is 1. The molecule has 0 fully saturated rings. The van der Waals surface area contributed by atoms with Crippen LogP contribution in [0, 0.1) is 3.57 Å². The molecule has 0 aliphatic carbocycles. The van der Waals surface area contributed by atoms with Crippen LogP contribution in [-0.4, -0.2) is 19.4 Å². The number of pyridine rings is 1. The van der Waals surface area contributed by atoms with Crippen molar-refractivity contribution in [3.05, 3.63) is 57.9 Å². The Kier molecular flexibility index (Phi) is 5.12. The van der Waals surface area contributed by atoms with E-state index in [1.165, 1.54) is 12.1 Å². The summed E-state index contributed by atoms with van der Waals surface area (Å²) in [6, 6.07) is 11.8. The number of nitrogens with two attached hydrogens (primary N) is 1. The van der Waals surface area contributed by atoms with Crippen LogP contribution in [0.4, 0.5) is 0 Å². The molecule has 3 N–H and O–H groups in total. The third-order valence-corrected chi connectivity index (χ3v) is 4.59. The Morgan fingerprint density at radius 2 is 1.95 bits per heavy atom. The summed E-state index contributed by atoms with van der Waals surface area (Å²) in [6.45, 7) is 0.210. The molecule has 2 rings (SSSR count). The maximum absolute atomic E-state index is 12.1. The molecule has 1 aromatic heterocycles. The summed E-state index contributed by atoms with van der Waals surface area (Å²) in [4.78, 5) is 8.18. The summed E-state index contributed by atoms with van der Waals surface area (Å²) in [7, 11) is -3.71. The number of halogens is 1. The molecule has 0 saturated heterocycles. The van der Waals surface area contributed by atoms with E-state index >= 15 is 0 Å². The monoisotopic (exact) mass is 416 g/mol. The van der Waals surface area contributed by atoms with E-state index in [-0.39, 0.29) is 17.4 Å². The molecule has 0 radical (unpaired) electrons. The number of guanidine groups is 1. The van der Waals surface area contributed by atoms with E-state index in [1.54, 1.807) is 30.5 Å². The number of nitrogens with one attached hydrogen (secondary N) is 1. The maximum Gasteiger partial charge on any atom is 0.264 e.